The van der Waals surface area contributed by atoms with Crippen LogP contribution in [0.4, 0.5) is 0 Å². The van der Waals surface area contributed by atoms with Crippen molar-refractivity contribution in [3.63, 3.8) is 0 Å². The zero-order chi connectivity index (χ0) is 20.8. The van der Waals surface area contributed by atoms with Crippen LogP contribution < -0.4 is 0 Å². The van der Waals surface area contributed by atoms with E-state index in [0.717, 1.165) is 28.8 Å². The number of rotatable bonds is 7. The number of hydrogen-bond donors (Lipinski definition) is 2. The van der Waals surface area contributed by atoms with E-state index >= 15 is 0 Å². The first-order chi connectivity index (χ1) is 12.3. The minimum atomic E-state index is -1.21. The predicted octanol–water partition coefficient (Wildman–Crippen LogP) is 3.69. The van der Waals surface area contributed by atoms with Crippen molar-refractivity contribution in [3.05, 3.63) is 41.0 Å². The van der Waals surface area contributed by atoms with Crippen LogP contribution in [0.25, 0.3) is 0 Å². The van der Waals surface area contributed by atoms with Crippen molar-refractivity contribution in [1.29, 1.82) is 0 Å². The number of carbonyl (C=O) groups excluding carboxylic acids is 1. The maximum absolute atomic E-state index is 11.3. The molecule has 1 aromatic carbocycles. The molecule has 0 fully saturated rings. The average molecular weight is 378 g/mol. The lowest BCUT2D eigenvalue weighted by Gasteiger charge is -2.28. The van der Waals surface area contributed by atoms with Gasteiger partial charge in [0.15, 0.2) is 0 Å². The van der Waals surface area contributed by atoms with Gasteiger partial charge in [0.05, 0.1) is 13.2 Å². The summed E-state index contributed by atoms with van der Waals surface area (Å²) in [4.78, 5) is 21.6. The molecule has 0 spiro atoms. The second-order valence-electron chi connectivity index (χ2n) is 8.43. The largest absolute Gasteiger partial charge is 0.507 e. The molecule has 0 atom stereocenters. The van der Waals surface area contributed by atoms with Crippen LogP contribution in [0.1, 0.15) is 58.2 Å². The van der Waals surface area contributed by atoms with E-state index in [9.17, 15) is 14.7 Å². The van der Waals surface area contributed by atoms with Crippen LogP contribution in [-0.4, -0.2) is 35.4 Å². The van der Waals surface area contributed by atoms with Gasteiger partial charge in [-0.2, -0.15) is 0 Å². The number of carbonyl (C=O) groups is 2. The highest BCUT2D eigenvalue weighted by Gasteiger charge is 2.26. The van der Waals surface area contributed by atoms with Gasteiger partial charge < -0.3 is 19.7 Å². The highest BCUT2D eigenvalue weighted by molar-refractivity contribution is 5.90. The molecule has 0 saturated heterocycles. The number of aliphatic carboxylic acids is 1. The third-order valence-corrected chi connectivity index (χ3v) is 3.89. The normalized spacial score (nSPS) is 12.4. The lowest BCUT2D eigenvalue weighted by Crippen LogP contribution is -2.18. The fourth-order valence-corrected chi connectivity index (χ4v) is 2.50. The van der Waals surface area contributed by atoms with Crippen molar-refractivity contribution in [3.8, 4) is 5.75 Å². The number of phenols is 1. The zero-order valence-electron chi connectivity index (χ0n) is 17.0. The molecular formula is C21H30O6. The fraction of sp³-hybridized carbons (Fsp3) is 0.524. The zero-order valence-corrected chi connectivity index (χ0v) is 17.0. The SMILES string of the molecule is CC(C)(C)c1cc(COCCOC(=O)/C=C\C(=O)O)cc(C(C)(C)C)c1O. The molecule has 0 aliphatic carbocycles. The second-order valence-corrected chi connectivity index (χ2v) is 8.43. The molecule has 2 N–H and O–H groups in total. The van der Waals surface area contributed by atoms with Crippen molar-refractivity contribution < 1.29 is 29.3 Å². The molecule has 0 saturated carbocycles. The number of benzene rings is 1. The number of esters is 1. The first kappa shape index (κ1) is 22.7. The third kappa shape index (κ3) is 7.43. The summed E-state index contributed by atoms with van der Waals surface area (Å²) in [7, 11) is 0. The molecule has 150 valence electrons. The van der Waals surface area contributed by atoms with Crippen LogP contribution in [0.3, 0.4) is 0 Å². The molecule has 0 heterocycles. The standard InChI is InChI=1S/C21H30O6/c1-20(2,3)15-11-14(12-16(19(15)25)21(4,5)6)13-26-9-10-27-18(24)8-7-17(22)23/h7-8,11-12,25H,9-10,13H2,1-6H3,(H,22,23)/b8-7-. The molecule has 6 nitrogen and oxygen atoms in total. The Morgan fingerprint density at radius 2 is 1.48 bits per heavy atom. The van der Waals surface area contributed by atoms with Crippen molar-refractivity contribution in [1.82, 2.24) is 0 Å². The Bertz CT molecular complexity index is 669. The minimum Gasteiger partial charge on any atom is -0.507 e. The summed E-state index contributed by atoms with van der Waals surface area (Å²) < 4.78 is 10.4. The molecule has 0 aliphatic rings. The number of phenolic OH excluding ortho intramolecular Hbond substituents is 1. The van der Waals surface area contributed by atoms with Crippen LogP contribution in [0.5, 0.6) is 5.75 Å². The van der Waals surface area contributed by atoms with Crippen LogP contribution in [0, 0.1) is 0 Å². The lowest BCUT2D eigenvalue weighted by atomic mass is 9.78. The summed E-state index contributed by atoms with van der Waals surface area (Å²) in [5, 5.41) is 19.1. The summed E-state index contributed by atoms with van der Waals surface area (Å²) in [6.45, 7) is 12.8. The number of carboxylic acids is 1. The van der Waals surface area contributed by atoms with E-state index in [1.54, 1.807) is 0 Å². The summed E-state index contributed by atoms with van der Waals surface area (Å²) in [5.74, 6) is -1.62. The second kappa shape index (κ2) is 9.04. The van der Waals surface area contributed by atoms with Crippen LogP contribution in [-0.2, 0) is 36.5 Å². The smallest absolute Gasteiger partial charge is 0.331 e. The Hall–Kier alpha value is -2.34. The van der Waals surface area contributed by atoms with E-state index in [-0.39, 0.29) is 24.0 Å². The molecule has 0 unspecified atom stereocenters. The highest BCUT2D eigenvalue weighted by Crippen LogP contribution is 2.39. The van der Waals surface area contributed by atoms with Gasteiger partial charge in [-0.25, -0.2) is 9.59 Å². The van der Waals surface area contributed by atoms with E-state index < -0.39 is 11.9 Å². The van der Waals surface area contributed by atoms with Crippen molar-refractivity contribution in [2.75, 3.05) is 13.2 Å². The van der Waals surface area contributed by atoms with Crippen LogP contribution in [0.15, 0.2) is 24.3 Å². The van der Waals surface area contributed by atoms with Crippen molar-refractivity contribution in [2.24, 2.45) is 0 Å². The Morgan fingerprint density at radius 3 is 1.93 bits per heavy atom. The third-order valence-electron chi connectivity index (χ3n) is 3.89. The number of carboxylic acid groups (broad SMARTS) is 1. The van der Waals surface area contributed by atoms with E-state index in [1.807, 2.05) is 53.7 Å². The molecule has 1 rings (SSSR count). The minimum absolute atomic E-state index is 0.0269. The molecule has 0 bridgehead atoms. The van der Waals surface area contributed by atoms with Gasteiger partial charge in [-0.1, -0.05) is 41.5 Å². The Kier molecular flexibility index (Phi) is 7.60. The van der Waals surface area contributed by atoms with Gasteiger partial charge in [0.2, 0.25) is 0 Å². The van der Waals surface area contributed by atoms with Gasteiger partial charge in [0, 0.05) is 12.2 Å². The molecule has 0 aliphatic heterocycles. The van der Waals surface area contributed by atoms with Gasteiger partial charge in [0.1, 0.15) is 12.4 Å². The quantitative estimate of drug-likeness (QED) is 0.427. The van der Waals surface area contributed by atoms with Crippen LogP contribution in [0.2, 0.25) is 0 Å². The number of ether oxygens (including phenoxy) is 2. The molecule has 27 heavy (non-hydrogen) atoms. The van der Waals surface area contributed by atoms with Gasteiger partial charge in [-0.15, -0.1) is 0 Å². The van der Waals surface area contributed by atoms with E-state index in [2.05, 4.69) is 0 Å². The van der Waals surface area contributed by atoms with E-state index in [4.69, 9.17) is 14.6 Å². The first-order valence-electron chi connectivity index (χ1n) is 8.84. The maximum atomic E-state index is 11.3. The van der Waals surface area contributed by atoms with Crippen LogP contribution >= 0.6 is 0 Å². The lowest BCUT2D eigenvalue weighted by molar-refractivity contribution is -0.140. The monoisotopic (exact) mass is 378 g/mol. The molecule has 0 radical (unpaired) electrons. The summed E-state index contributed by atoms with van der Waals surface area (Å²) >= 11 is 0. The number of hydrogen-bond acceptors (Lipinski definition) is 5. The Morgan fingerprint density at radius 1 is 0.963 bits per heavy atom. The Balaban J connectivity index is 2.75. The number of aromatic hydroxyl groups is 1. The predicted molar refractivity (Wildman–Crippen MR) is 103 cm³/mol. The van der Waals surface area contributed by atoms with Gasteiger partial charge in [0.25, 0.3) is 0 Å². The molecule has 1 aromatic rings. The maximum Gasteiger partial charge on any atom is 0.331 e. The van der Waals surface area contributed by atoms with Crippen molar-refractivity contribution >= 4 is 11.9 Å². The fourth-order valence-electron chi connectivity index (χ4n) is 2.50. The van der Waals surface area contributed by atoms with Crippen molar-refractivity contribution in [2.45, 2.75) is 59.0 Å². The van der Waals surface area contributed by atoms with Gasteiger partial charge >= 0.3 is 11.9 Å². The summed E-state index contributed by atoms with van der Waals surface area (Å²) in [6.07, 6.45) is 1.58. The van der Waals surface area contributed by atoms with Gasteiger partial charge in [-0.05, 0) is 39.7 Å². The molecule has 0 amide bonds. The Labute approximate surface area is 160 Å². The molecule has 6 heteroatoms. The topological polar surface area (TPSA) is 93.1 Å². The van der Waals surface area contributed by atoms with E-state index in [0.29, 0.717) is 12.4 Å². The van der Waals surface area contributed by atoms with Gasteiger partial charge in [-0.3, -0.25) is 0 Å². The molecular weight excluding hydrogens is 348 g/mol. The first-order valence-corrected chi connectivity index (χ1v) is 8.84. The summed E-state index contributed by atoms with van der Waals surface area (Å²) in [5.41, 5.74) is 2.22. The molecule has 0 aromatic heterocycles. The average Bonchev–Trinajstić information content (AvgIpc) is 2.51. The summed E-state index contributed by atoms with van der Waals surface area (Å²) in [6, 6.07) is 3.87. The highest BCUT2D eigenvalue weighted by atomic mass is 16.6. The van der Waals surface area contributed by atoms with E-state index in [1.165, 1.54) is 0 Å².